The van der Waals surface area contributed by atoms with Gasteiger partial charge in [0.2, 0.25) is 0 Å². The van der Waals surface area contributed by atoms with Crippen molar-refractivity contribution < 1.29 is 5.11 Å². The van der Waals surface area contributed by atoms with Crippen LogP contribution in [0.25, 0.3) is 0 Å². The van der Waals surface area contributed by atoms with Gasteiger partial charge in [-0.2, -0.15) is 0 Å². The number of aliphatic hydroxyl groups is 1. The van der Waals surface area contributed by atoms with Gasteiger partial charge in [-0.25, -0.2) is 0 Å². The lowest BCUT2D eigenvalue weighted by atomic mass is 10.1. The lowest BCUT2D eigenvalue weighted by molar-refractivity contribution is 0.169. The molecule has 0 aromatic heterocycles. The molecule has 0 aliphatic carbocycles. The first-order valence-corrected chi connectivity index (χ1v) is 3.69. The number of hydrogen-bond donors (Lipinski definition) is 2. The number of nitrogens with two attached hydrogens (primary N) is 1. The second-order valence-corrected chi connectivity index (χ2v) is 2.39. The van der Waals surface area contributed by atoms with Crippen LogP contribution in [0.1, 0.15) is 32.6 Å². The highest BCUT2D eigenvalue weighted by molar-refractivity contribution is 4.54. The van der Waals surface area contributed by atoms with Gasteiger partial charge in [0.15, 0.2) is 0 Å². The molecule has 0 aromatic carbocycles. The maximum Gasteiger partial charge on any atom is 0.0662 e. The first-order chi connectivity index (χ1) is 4.31. The van der Waals surface area contributed by atoms with Crippen LogP contribution in [-0.2, 0) is 0 Å². The summed E-state index contributed by atoms with van der Waals surface area (Å²) in [5.41, 5.74) is 5.20. The zero-order chi connectivity index (χ0) is 7.11. The monoisotopic (exact) mass is 131 g/mol. The highest BCUT2D eigenvalue weighted by Gasteiger charge is 1.97. The normalized spacial score (nSPS) is 13.7. The summed E-state index contributed by atoms with van der Waals surface area (Å²) in [4.78, 5) is 0. The molecule has 0 radical (unpaired) electrons. The minimum atomic E-state index is -0.267. The minimum absolute atomic E-state index is 0.267. The lowest BCUT2D eigenvalue weighted by Crippen LogP contribution is -2.19. The minimum Gasteiger partial charge on any atom is -0.392 e. The fraction of sp³-hybridized carbons (Fsp3) is 1.00. The van der Waals surface area contributed by atoms with Gasteiger partial charge in [-0.3, -0.25) is 0 Å². The summed E-state index contributed by atoms with van der Waals surface area (Å²) >= 11 is 0. The molecule has 0 heterocycles. The van der Waals surface area contributed by atoms with E-state index in [4.69, 9.17) is 10.8 Å². The van der Waals surface area contributed by atoms with Crippen molar-refractivity contribution in [2.75, 3.05) is 6.54 Å². The second-order valence-electron chi connectivity index (χ2n) is 2.39. The first-order valence-electron chi connectivity index (χ1n) is 3.69. The molecule has 2 nitrogen and oxygen atoms in total. The number of unbranched alkanes of at least 4 members (excludes halogenated alkanes) is 2. The van der Waals surface area contributed by atoms with E-state index in [-0.39, 0.29) is 6.10 Å². The quantitative estimate of drug-likeness (QED) is 0.544. The van der Waals surface area contributed by atoms with Gasteiger partial charge < -0.3 is 10.8 Å². The molecular formula is C7H17NO. The van der Waals surface area contributed by atoms with E-state index in [2.05, 4.69) is 6.92 Å². The summed E-state index contributed by atoms with van der Waals surface area (Å²) < 4.78 is 0. The molecule has 0 aliphatic heterocycles. The van der Waals surface area contributed by atoms with E-state index in [1.807, 2.05) is 0 Å². The maximum atomic E-state index is 8.96. The molecule has 0 saturated heterocycles. The molecule has 56 valence electrons. The Balaban J connectivity index is 2.88. The zero-order valence-corrected chi connectivity index (χ0v) is 6.14. The van der Waals surface area contributed by atoms with Crippen molar-refractivity contribution in [2.24, 2.45) is 5.73 Å². The zero-order valence-electron chi connectivity index (χ0n) is 6.14. The van der Waals surface area contributed by atoms with E-state index >= 15 is 0 Å². The van der Waals surface area contributed by atoms with Crippen molar-refractivity contribution >= 4 is 0 Å². The maximum absolute atomic E-state index is 8.96. The summed E-state index contributed by atoms with van der Waals surface area (Å²) in [6, 6.07) is 0. The van der Waals surface area contributed by atoms with Crippen LogP contribution >= 0.6 is 0 Å². The Bertz CT molecular complexity index is 56.9. The summed E-state index contributed by atoms with van der Waals surface area (Å²) in [6.07, 6.45) is 4.12. The van der Waals surface area contributed by atoms with Gasteiger partial charge in [0.05, 0.1) is 6.10 Å². The van der Waals surface area contributed by atoms with Crippen LogP contribution in [0.15, 0.2) is 0 Å². The van der Waals surface area contributed by atoms with Crippen molar-refractivity contribution in [1.29, 1.82) is 0 Å². The van der Waals surface area contributed by atoms with Crippen molar-refractivity contribution in [2.45, 2.75) is 38.7 Å². The number of rotatable bonds is 5. The van der Waals surface area contributed by atoms with Gasteiger partial charge >= 0.3 is 0 Å². The van der Waals surface area contributed by atoms with E-state index in [1.54, 1.807) is 0 Å². The largest absolute Gasteiger partial charge is 0.392 e. The highest BCUT2D eigenvalue weighted by Crippen LogP contribution is 2.01. The molecule has 1 atom stereocenters. The van der Waals surface area contributed by atoms with Crippen LogP contribution in [0.3, 0.4) is 0 Å². The Morgan fingerprint density at radius 3 is 2.56 bits per heavy atom. The molecule has 0 rings (SSSR count). The van der Waals surface area contributed by atoms with Gasteiger partial charge in [0.1, 0.15) is 0 Å². The molecule has 0 saturated carbocycles. The van der Waals surface area contributed by atoms with Crippen molar-refractivity contribution in [3.05, 3.63) is 0 Å². The third-order valence-electron chi connectivity index (χ3n) is 1.41. The van der Waals surface area contributed by atoms with E-state index in [1.165, 1.54) is 12.8 Å². The molecule has 0 fully saturated rings. The fourth-order valence-corrected chi connectivity index (χ4v) is 0.748. The molecule has 9 heavy (non-hydrogen) atoms. The molecule has 0 aliphatic rings. The van der Waals surface area contributed by atoms with Gasteiger partial charge in [-0.05, 0) is 6.42 Å². The first kappa shape index (κ1) is 8.92. The summed E-state index contributed by atoms with van der Waals surface area (Å²) in [7, 11) is 0. The average Bonchev–Trinajstić information content (AvgIpc) is 1.89. The smallest absolute Gasteiger partial charge is 0.0662 e. The van der Waals surface area contributed by atoms with E-state index in [0.29, 0.717) is 6.54 Å². The molecule has 0 spiro atoms. The molecule has 3 N–H and O–H groups in total. The van der Waals surface area contributed by atoms with Crippen LogP contribution in [0.4, 0.5) is 0 Å². The van der Waals surface area contributed by atoms with Gasteiger partial charge in [0.25, 0.3) is 0 Å². The predicted molar refractivity (Wildman–Crippen MR) is 39.2 cm³/mol. The van der Waals surface area contributed by atoms with Gasteiger partial charge in [0, 0.05) is 6.54 Å². The number of hydrogen-bond acceptors (Lipinski definition) is 2. The molecule has 0 bridgehead atoms. The average molecular weight is 131 g/mol. The van der Waals surface area contributed by atoms with Crippen molar-refractivity contribution in [1.82, 2.24) is 0 Å². The second kappa shape index (κ2) is 6.05. The van der Waals surface area contributed by atoms with E-state index < -0.39 is 0 Å². The Labute approximate surface area is 57.1 Å². The lowest BCUT2D eigenvalue weighted by Gasteiger charge is -2.04. The summed E-state index contributed by atoms with van der Waals surface area (Å²) in [5, 5.41) is 8.96. The van der Waals surface area contributed by atoms with Crippen LogP contribution < -0.4 is 5.73 Å². The van der Waals surface area contributed by atoms with Crippen LogP contribution in [-0.4, -0.2) is 17.8 Å². The Morgan fingerprint density at radius 2 is 2.11 bits per heavy atom. The summed E-state index contributed by atoms with van der Waals surface area (Å²) in [5.74, 6) is 0. The van der Waals surface area contributed by atoms with E-state index in [9.17, 15) is 0 Å². The van der Waals surface area contributed by atoms with Crippen LogP contribution in [0.2, 0.25) is 0 Å². The fourth-order valence-electron chi connectivity index (χ4n) is 0.748. The SMILES string of the molecule is CCCCCC(O)CN. The van der Waals surface area contributed by atoms with Gasteiger partial charge in [-0.1, -0.05) is 26.2 Å². The van der Waals surface area contributed by atoms with Crippen LogP contribution in [0.5, 0.6) is 0 Å². The van der Waals surface area contributed by atoms with Gasteiger partial charge in [-0.15, -0.1) is 0 Å². The third kappa shape index (κ3) is 5.80. The van der Waals surface area contributed by atoms with Crippen molar-refractivity contribution in [3.63, 3.8) is 0 Å². The Kier molecular flexibility index (Phi) is 5.99. The molecule has 1 unspecified atom stereocenters. The molecule has 0 aromatic rings. The molecular weight excluding hydrogens is 114 g/mol. The number of aliphatic hydroxyl groups excluding tert-OH is 1. The third-order valence-corrected chi connectivity index (χ3v) is 1.41. The van der Waals surface area contributed by atoms with E-state index in [0.717, 1.165) is 12.8 Å². The standard InChI is InChI=1S/C7H17NO/c1-2-3-4-5-7(9)6-8/h7,9H,2-6,8H2,1H3. The predicted octanol–water partition coefficient (Wildman–Crippen LogP) is 0.886. The molecule has 0 amide bonds. The van der Waals surface area contributed by atoms with Crippen LogP contribution in [0, 0.1) is 0 Å². The Hall–Kier alpha value is -0.0800. The Morgan fingerprint density at radius 1 is 1.44 bits per heavy atom. The topological polar surface area (TPSA) is 46.2 Å². The van der Waals surface area contributed by atoms with Crippen molar-refractivity contribution in [3.8, 4) is 0 Å². The summed E-state index contributed by atoms with van der Waals surface area (Å²) in [6.45, 7) is 2.55. The highest BCUT2D eigenvalue weighted by atomic mass is 16.3. The molecule has 2 heteroatoms.